The summed E-state index contributed by atoms with van der Waals surface area (Å²) in [5.41, 5.74) is 2.28. The molecule has 0 atom stereocenters. The number of hydrogen-bond donors (Lipinski definition) is 1. The lowest BCUT2D eigenvalue weighted by atomic mass is 9.85. The Morgan fingerprint density at radius 3 is 2.64 bits per heavy atom. The van der Waals surface area contributed by atoms with Gasteiger partial charge in [0, 0.05) is 11.6 Å². The average molecular weight is 383 g/mol. The fourth-order valence-electron chi connectivity index (χ4n) is 3.44. The Labute approximate surface area is 166 Å². The number of carbonyl (C=O) groups excluding carboxylic acids is 1. The Hall–Kier alpha value is -2.63. The molecular formula is C22H29N3O3. The van der Waals surface area contributed by atoms with E-state index in [2.05, 4.69) is 27.4 Å². The van der Waals surface area contributed by atoms with Crippen molar-refractivity contribution in [2.75, 3.05) is 7.11 Å². The number of methoxy groups -OCH3 is 1. The van der Waals surface area contributed by atoms with Gasteiger partial charge >= 0.3 is 6.09 Å². The van der Waals surface area contributed by atoms with Gasteiger partial charge in [-0.05, 0) is 58.4 Å². The number of hydrogen-bond acceptors (Lipinski definition) is 5. The number of rotatable bonds is 4. The molecule has 3 rings (SSSR count). The molecule has 6 heteroatoms. The van der Waals surface area contributed by atoms with Gasteiger partial charge in [0.2, 0.25) is 5.88 Å². The van der Waals surface area contributed by atoms with E-state index in [0.29, 0.717) is 11.8 Å². The second-order valence-electron chi connectivity index (χ2n) is 8.24. The summed E-state index contributed by atoms with van der Waals surface area (Å²) in [5.74, 6) is 1.01. The molecule has 1 saturated carbocycles. The van der Waals surface area contributed by atoms with Gasteiger partial charge in [0.05, 0.1) is 24.3 Å². The molecule has 0 aliphatic heterocycles. The largest absolute Gasteiger partial charge is 0.480 e. The van der Waals surface area contributed by atoms with Crippen LogP contribution in [0.2, 0.25) is 0 Å². The van der Waals surface area contributed by atoms with Gasteiger partial charge < -0.3 is 14.8 Å². The van der Waals surface area contributed by atoms with Gasteiger partial charge in [-0.1, -0.05) is 24.3 Å². The summed E-state index contributed by atoms with van der Waals surface area (Å²) in [5, 5.41) is 2.99. The van der Waals surface area contributed by atoms with Crippen molar-refractivity contribution in [3.8, 4) is 5.88 Å². The topological polar surface area (TPSA) is 73.3 Å². The minimum Gasteiger partial charge on any atom is -0.480 e. The molecule has 1 N–H and O–H groups in total. The van der Waals surface area contributed by atoms with Gasteiger partial charge in [-0.15, -0.1) is 0 Å². The monoisotopic (exact) mass is 383 g/mol. The average Bonchev–Trinajstić information content (AvgIpc) is 2.65. The molecule has 0 radical (unpaired) electrons. The number of allylic oxidation sites excluding steroid dienone is 1. The number of benzene rings is 1. The Balaban J connectivity index is 1.58. The molecule has 0 bridgehead atoms. The van der Waals surface area contributed by atoms with E-state index in [-0.39, 0.29) is 12.1 Å². The zero-order valence-electron chi connectivity index (χ0n) is 17.1. The Morgan fingerprint density at radius 1 is 1.21 bits per heavy atom. The maximum absolute atomic E-state index is 11.9. The van der Waals surface area contributed by atoms with Crippen molar-refractivity contribution in [1.29, 1.82) is 0 Å². The summed E-state index contributed by atoms with van der Waals surface area (Å²) in [6, 6.07) is 6.17. The predicted molar refractivity (Wildman–Crippen MR) is 110 cm³/mol. The SMILES string of the molecule is COc1cnc2cccc(C=CC3CCC(NC(=O)OC(C)(C)C)CC3)c2n1. The van der Waals surface area contributed by atoms with Gasteiger partial charge in [-0.2, -0.15) is 0 Å². The molecule has 0 unspecified atom stereocenters. The lowest BCUT2D eigenvalue weighted by Crippen LogP contribution is -2.40. The van der Waals surface area contributed by atoms with Crippen molar-refractivity contribution >= 4 is 23.2 Å². The minimum atomic E-state index is -0.464. The predicted octanol–water partition coefficient (Wildman–Crippen LogP) is 4.74. The van der Waals surface area contributed by atoms with Gasteiger partial charge in [0.25, 0.3) is 0 Å². The van der Waals surface area contributed by atoms with Crippen LogP contribution in [0.5, 0.6) is 5.88 Å². The smallest absolute Gasteiger partial charge is 0.407 e. The zero-order valence-corrected chi connectivity index (χ0v) is 17.1. The standard InChI is InChI=1S/C22H29N3O3/c1-22(2,3)28-21(26)24-17-12-9-15(10-13-17)8-11-16-6-5-7-18-20(16)25-19(27-4)14-23-18/h5-8,11,14-15,17H,9-10,12-13H2,1-4H3,(H,24,26). The van der Waals surface area contributed by atoms with Gasteiger partial charge in [-0.3, -0.25) is 0 Å². The number of nitrogens with one attached hydrogen (secondary N) is 1. The van der Waals surface area contributed by atoms with Crippen molar-refractivity contribution < 1.29 is 14.3 Å². The van der Waals surface area contributed by atoms with E-state index >= 15 is 0 Å². The normalized spacial score (nSPS) is 20.3. The van der Waals surface area contributed by atoms with E-state index in [0.717, 1.165) is 42.3 Å². The zero-order chi connectivity index (χ0) is 20.1. The number of carbonyl (C=O) groups is 1. The van der Waals surface area contributed by atoms with Crippen LogP contribution in [0.4, 0.5) is 4.79 Å². The lowest BCUT2D eigenvalue weighted by molar-refractivity contribution is 0.0490. The van der Waals surface area contributed by atoms with E-state index in [1.807, 2.05) is 39.0 Å². The van der Waals surface area contributed by atoms with Crippen LogP contribution in [0.1, 0.15) is 52.0 Å². The molecule has 1 amide bonds. The van der Waals surface area contributed by atoms with Crippen molar-refractivity contribution in [2.24, 2.45) is 5.92 Å². The molecule has 1 fully saturated rings. The fourth-order valence-corrected chi connectivity index (χ4v) is 3.44. The molecule has 150 valence electrons. The summed E-state index contributed by atoms with van der Waals surface area (Å²) >= 11 is 0. The lowest BCUT2D eigenvalue weighted by Gasteiger charge is -2.28. The van der Waals surface area contributed by atoms with Crippen LogP contribution >= 0.6 is 0 Å². The van der Waals surface area contributed by atoms with Crippen LogP contribution in [0, 0.1) is 5.92 Å². The first-order chi connectivity index (χ1) is 13.3. The minimum absolute atomic E-state index is 0.187. The second kappa shape index (κ2) is 8.59. The molecule has 1 aromatic heterocycles. The number of amides is 1. The van der Waals surface area contributed by atoms with Gasteiger partial charge in [0.1, 0.15) is 5.60 Å². The summed E-state index contributed by atoms with van der Waals surface area (Å²) in [6.07, 6.45) is 9.68. The second-order valence-corrected chi connectivity index (χ2v) is 8.24. The maximum Gasteiger partial charge on any atom is 0.407 e. The molecule has 2 aromatic rings. The van der Waals surface area contributed by atoms with Crippen LogP contribution < -0.4 is 10.1 Å². The molecule has 1 aliphatic carbocycles. The van der Waals surface area contributed by atoms with Crippen molar-refractivity contribution in [3.63, 3.8) is 0 Å². The highest BCUT2D eigenvalue weighted by Crippen LogP contribution is 2.27. The number of aromatic nitrogens is 2. The fraction of sp³-hybridized carbons (Fsp3) is 0.500. The number of fused-ring (bicyclic) bond motifs is 1. The third kappa shape index (κ3) is 5.44. The Bertz CT molecular complexity index is 850. The third-order valence-electron chi connectivity index (χ3n) is 4.83. The number of nitrogens with zero attached hydrogens (tertiary/aromatic N) is 2. The van der Waals surface area contributed by atoms with Crippen LogP contribution in [0.3, 0.4) is 0 Å². The molecule has 0 saturated heterocycles. The van der Waals surface area contributed by atoms with Crippen LogP contribution in [0.25, 0.3) is 17.1 Å². The van der Waals surface area contributed by atoms with Crippen LogP contribution in [0.15, 0.2) is 30.5 Å². The molecule has 6 nitrogen and oxygen atoms in total. The molecule has 28 heavy (non-hydrogen) atoms. The first-order valence-electron chi connectivity index (χ1n) is 9.81. The Morgan fingerprint density at radius 2 is 1.96 bits per heavy atom. The summed E-state index contributed by atoms with van der Waals surface area (Å²) < 4.78 is 10.5. The van der Waals surface area contributed by atoms with E-state index in [1.54, 1.807) is 13.3 Å². The number of alkyl carbamates (subject to hydrolysis) is 1. The highest BCUT2D eigenvalue weighted by molar-refractivity contribution is 5.84. The molecule has 1 aromatic carbocycles. The summed E-state index contributed by atoms with van der Waals surface area (Å²) in [7, 11) is 1.60. The first-order valence-corrected chi connectivity index (χ1v) is 9.81. The van der Waals surface area contributed by atoms with Gasteiger partial charge in [-0.25, -0.2) is 14.8 Å². The summed E-state index contributed by atoms with van der Waals surface area (Å²) in [4.78, 5) is 20.9. The molecule has 1 aliphatic rings. The van der Waals surface area contributed by atoms with Crippen LogP contribution in [-0.2, 0) is 4.74 Å². The van der Waals surface area contributed by atoms with E-state index in [9.17, 15) is 4.79 Å². The Kier molecular flexibility index (Phi) is 6.17. The number of para-hydroxylation sites is 1. The van der Waals surface area contributed by atoms with E-state index in [1.165, 1.54) is 0 Å². The third-order valence-corrected chi connectivity index (χ3v) is 4.83. The first kappa shape index (κ1) is 20.1. The number of ether oxygens (including phenoxy) is 2. The maximum atomic E-state index is 11.9. The van der Waals surface area contributed by atoms with E-state index < -0.39 is 5.60 Å². The van der Waals surface area contributed by atoms with Gasteiger partial charge in [0.15, 0.2) is 0 Å². The summed E-state index contributed by atoms with van der Waals surface area (Å²) in [6.45, 7) is 5.63. The molecule has 1 heterocycles. The van der Waals surface area contributed by atoms with Crippen molar-refractivity contribution in [2.45, 2.75) is 58.1 Å². The molecular weight excluding hydrogens is 354 g/mol. The quantitative estimate of drug-likeness (QED) is 0.826. The molecule has 0 spiro atoms. The highest BCUT2D eigenvalue weighted by Gasteiger charge is 2.23. The highest BCUT2D eigenvalue weighted by atomic mass is 16.6. The van der Waals surface area contributed by atoms with Crippen molar-refractivity contribution in [1.82, 2.24) is 15.3 Å². The van der Waals surface area contributed by atoms with Crippen LogP contribution in [-0.4, -0.2) is 34.8 Å². The van der Waals surface area contributed by atoms with E-state index in [4.69, 9.17) is 9.47 Å². The van der Waals surface area contributed by atoms with Crippen molar-refractivity contribution in [3.05, 3.63) is 36.0 Å².